The number of nitrogens with zero attached hydrogens (tertiary/aromatic N) is 7. The average Bonchev–Trinajstić information content (AvgIpc) is 3.51. The van der Waals surface area contributed by atoms with E-state index in [4.69, 9.17) is 0 Å². The molecule has 2 aromatic heterocycles. The van der Waals surface area contributed by atoms with Gasteiger partial charge in [-0.3, -0.25) is 15.0 Å². The van der Waals surface area contributed by atoms with E-state index in [1.807, 2.05) is 6.92 Å². The van der Waals surface area contributed by atoms with Crippen LogP contribution in [0.4, 0.5) is 16.1 Å². The van der Waals surface area contributed by atoms with Crippen LogP contribution in [0, 0.1) is 18.3 Å². The van der Waals surface area contributed by atoms with E-state index in [1.54, 1.807) is 6.20 Å². The molecule has 1 saturated carbocycles. The molecule has 2 N–H and O–H groups in total. The molecular formula is C26H41N9OS. The van der Waals surface area contributed by atoms with Gasteiger partial charge in [-0.25, -0.2) is 0 Å². The summed E-state index contributed by atoms with van der Waals surface area (Å²) in [5, 5.41) is 25.0. The fourth-order valence-corrected chi connectivity index (χ4v) is 6.61. The normalized spacial score (nSPS) is 24.2. The van der Waals surface area contributed by atoms with E-state index in [0.29, 0.717) is 16.5 Å². The number of hydrogen-bond acceptors (Lipinski definition) is 10. The number of aryl methyl sites for hydroxylation is 1. The summed E-state index contributed by atoms with van der Waals surface area (Å²) in [6, 6.07) is 2.21. The maximum Gasteiger partial charge on any atom is 0.243 e. The highest BCUT2D eigenvalue weighted by molar-refractivity contribution is 7.19. The van der Waals surface area contributed by atoms with Gasteiger partial charge in [0.05, 0.1) is 12.2 Å². The summed E-state index contributed by atoms with van der Waals surface area (Å²) < 4.78 is 0. The lowest BCUT2D eigenvalue weighted by molar-refractivity contribution is -0.125. The van der Waals surface area contributed by atoms with Crippen molar-refractivity contribution >= 4 is 33.3 Å². The van der Waals surface area contributed by atoms with Crippen molar-refractivity contribution in [3.05, 3.63) is 17.8 Å². The van der Waals surface area contributed by atoms with Crippen molar-refractivity contribution in [1.29, 1.82) is 0 Å². The van der Waals surface area contributed by atoms with E-state index >= 15 is 0 Å². The van der Waals surface area contributed by atoms with E-state index in [9.17, 15) is 4.79 Å². The lowest BCUT2D eigenvalue weighted by atomic mass is 9.70. The average molecular weight is 528 g/mol. The molecule has 37 heavy (non-hydrogen) atoms. The topological polar surface area (TPSA) is 102 Å². The highest BCUT2D eigenvalue weighted by atomic mass is 32.1. The van der Waals surface area contributed by atoms with Gasteiger partial charge < -0.3 is 15.1 Å². The van der Waals surface area contributed by atoms with Crippen LogP contribution < -0.4 is 15.5 Å². The molecule has 2 saturated heterocycles. The number of anilines is 3. The van der Waals surface area contributed by atoms with Gasteiger partial charge in [-0.1, -0.05) is 25.2 Å². The molecule has 0 bridgehead atoms. The molecule has 2 atom stereocenters. The highest BCUT2D eigenvalue weighted by Crippen LogP contribution is 2.40. The largest absolute Gasteiger partial charge is 0.355 e. The van der Waals surface area contributed by atoms with Gasteiger partial charge in [-0.15, -0.1) is 15.3 Å². The second-order valence-corrected chi connectivity index (χ2v) is 12.8. The summed E-state index contributed by atoms with van der Waals surface area (Å²) >= 11 is 1.42. The Morgan fingerprint density at radius 2 is 1.78 bits per heavy atom. The molecule has 3 aliphatic rings. The number of hydrogen-bond donors (Lipinski definition) is 2. The number of rotatable bonds is 7. The molecule has 10 nitrogen and oxygen atoms in total. The monoisotopic (exact) mass is 527 g/mol. The van der Waals surface area contributed by atoms with Crippen molar-refractivity contribution in [3.63, 3.8) is 0 Å². The van der Waals surface area contributed by atoms with Crippen molar-refractivity contribution in [2.75, 3.05) is 61.8 Å². The summed E-state index contributed by atoms with van der Waals surface area (Å²) in [5.74, 6) is 1.37. The Hall–Kier alpha value is -2.37. The lowest BCUT2D eigenvalue weighted by Crippen LogP contribution is -2.56. The second-order valence-electron chi connectivity index (χ2n) is 11.9. The van der Waals surface area contributed by atoms with E-state index < -0.39 is 0 Å². The summed E-state index contributed by atoms with van der Waals surface area (Å²) in [6.07, 6.45) is 7.31. The van der Waals surface area contributed by atoms with Crippen LogP contribution in [0.3, 0.4) is 0 Å². The smallest absolute Gasteiger partial charge is 0.243 e. The number of likely N-dealkylation sites (N-methyl/N-ethyl adjacent to an activating group) is 1. The van der Waals surface area contributed by atoms with Crippen molar-refractivity contribution in [2.24, 2.45) is 11.3 Å². The van der Waals surface area contributed by atoms with E-state index in [1.165, 1.54) is 24.2 Å². The SMILES string of the molecule is Cc1cnnc(N2CC[C@@H](Nc3nnc(NC(=O)[C@H](C4CCC(C)(C)CC4)N4CCN(C)CC4)s3)C2)c1. The molecule has 1 aliphatic carbocycles. The maximum atomic E-state index is 13.7. The Balaban J connectivity index is 1.20. The highest BCUT2D eigenvalue weighted by Gasteiger charge is 2.39. The zero-order valence-corrected chi connectivity index (χ0v) is 23.4. The standard InChI is InChI=1S/C26H41N9OS/c1-18-15-21(30-27-16-18)35-10-7-20(17-35)28-24-31-32-25(37-24)29-23(36)22(34-13-11-33(4)12-14-34)19-5-8-26(2,3)9-6-19/h15-16,19-20,22H,5-14,17H2,1-4H3,(H,28,31)(H,29,32,36)/t20-,22+/m1/s1. The molecule has 1 amide bonds. The van der Waals surface area contributed by atoms with Crippen molar-refractivity contribution in [2.45, 2.75) is 65.0 Å². The first-order valence-electron chi connectivity index (χ1n) is 13.6. The second kappa shape index (κ2) is 11.2. The third kappa shape index (κ3) is 6.56. The number of piperazine rings is 1. The molecule has 2 aliphatic heterocycles. The van der Waals surface area contributed by atoms with Crippen LogP contribution >= 0.6 is 11.3 Å². The van der Waals surface area contributed by atoms with Gasteiger partial charge in [0.15, 0.2) is 5.82 Å². The molecule has 202 valence electrons. The first-order chi connectivity index (χ1) is 17.8. The van der Waals surface area contributed by atoms with Gasteiger partial charge in [0, 0.05) is 45.3 Å². The molecular weight excluding hydrogens is 486 g/mol. The Labute approximate surface area is 224 Å². The van der Waals surface area contributed by atoms with Crippen molar-refractivity contribution in [1.82, 2.24) is 30.2 Å². The molecule has 2 aromatic rings. The van der Waals surface area contributed by atoms with Crippen LogP contribution in [-0.2, 0) is 4.79 Å². The number of carbonyl (C=O) groups excluding carboxylic acids is 1. The molecule has 0 spiro atoms. The van der Waals surface area contributed by atoms with Gasteiger partial charge >= 0.3 is 0 Å². The summed E-state index contributed by atoms with van der Waals surface area (Å²) in [6.45, 7) is 12.4. The van der Waals surface area contributed by atoms with Gasteiger partial charge in [-0.2, -0.15) is 5.10 Å². The van der Waals surface area contributed by atoms with Gasteiger partial charge in [0.25, 0.3) is 0 Å². The van der Waals surface area contributed by atoms with E-state index in [-0.39, 0.29) is 18.0 Å². The number of amides is 1. The summed E-state index contributed by atoms with van der Waals surface area (Å²) in [4.78, 5) is 20.7. The van der Waals surface area contributed by atoms with Gasteiger partial charge in [0.2, 0.25) is 16.2 Å². The molecule has 0 unspecified atom stereocenters. The van der Waals surface area contributed by atoms with Crippen LogP contribution in [0.1, 0.15) is 51.5 Å². The minimum atomic E-state index is -0.107. The molecule has 4 heterocycles. The van der Waals surface area contributed by atoms with Crippen LogP contribution in [0.25, 0.3) is 0 Å². The lowest BCUT2D eigenvalue weighted by Gasteiger charge is -2.44. The number of aromatic nitrogens is 4. The van der Waals surface area contributed by atoms with E-state index in [0.717, 1.165) is 75.0 Å². The Bertz CT molecular complexity index is 1060. The Morgan fingerprint density at radius 3 is 2.51 bits per heavy atom. The van der Waals surface area contributed by atoms with Crippen LogP contribution in [0.2, 0.25) is 0 Å². The Morgan fingerprint density at radius 1 is 1.05 bits per heavy atom. The van der Waals surface area contributed by atoms with Crippen molar-refractivity contribution < 1.29 is 4.79 Å². The zero-order chi connectivity index (χ0) is 26.0. The van der Waals surface area contributed by atoms with Crippen molar-refractivity contribution in [3.8, 4) is 0 Å². The summed E-state index contributed by atoms with van der Waals surface area (Å²) in [5.41, 5.74) is 1.49. The Kier molecular flexibility index (Phi) is 7.92. The molecule has 5 rings (SSSR count). The van der Waals surface area contributed by atoms with Gasteiger partial charge in [0.1, 0.15) is 0 Å². The van der Waals surface area contributed by atoms with E-state index in [2.05, 4.69) is 72.7 Å². The molecule has 0 radical (unpaired) electrons. The van der Waals surface area contributed by atoms with Crippen LogP contribution in [0.15, 0.2) is 12.3 Å². The summed E-state index contributed by atoms with van der Waals surface area (Å²) in [7, 11) is 2.16. The zero-order valence-electron chi connectivity index (χ0n) is 22.6. The first kappa shape index (κ1) is 26.2. The maximum absolute atomic E-state index is 13.7. The predicted octanol–water partition coefficient (Wildman–Crippen LogP) is 3.10. The predicted molar refractivity (Wildman–Crippen MR) is 148 cm³/mol. The van der Waals surface area contributed by atoms with Crippen LogP contribution in [0.5, 0.6) is 0 Å². The molecule has 0 aromatic carbocycles. The molecule has 3 fully saturated rings. The quantitative estimate of drug-likeness (QED) is 0.562. The first-order valence-corrected chi connectivity index (χ1v) is 14.5. The number of nitrogens with one attached hydrogen (secondary N) is 2. The fraction of sp³-hybridized carbons (Fsp3) is 0.731. The third-order valence-electron chi connectivity index (χ3n) is 8.30. The van der Waals surface area contributed by atoms with Crippen LogP contribution in [-0.4, -0.2) is 94.5 Å². The minimum Gasteiger partial charge on any atom is -0.355 e. The fourth-order valence-electron chi connectivity index (χ4n) is 5.89. The number of carbonyl (C=O) groups is 1. The molecule has 11 heteroatoms. The van der Waals surface area contributed by atoms with Gasteiger partial charge in [-0.05, 0) is 69.0 Å². The third-order valence-corrected chi connectivity index (χ3v) is 9.07. The minimum absolute atomic E-state index is 0.0713.